The van der Waals surface area contributed by atoms with Crippen molar-refractivity contribution < 1.29 is 23.7 Å². The minimum atomic E-state index is -0.325. The van der Waals surface area contributed by atoms with E-state index >= 15 is 0 Å². The van der Waals surface area contributed by atoms with Crippen LogP contribution >= 0.6 is 11.3 Å². The van der Waals surface area contributed by atoms with E-state index in [1.165, 1.54) is 18.4 Å². The number of nitrogens with zero attached hydrogens (tertiary/aromatic N) is 1. The Balaban J connectivity index is 1.70. The molecule has 0 aliphatic rings. The smallest absolute Gasteiger partial charge is 0.275 e. The van der Waals surface area contributed by atoms with E-state index in [4.69, 9.17) is 18.9 Å². The fraction of sp³-hybridized carbons (Fsp3) is 0.200. The lowest BCUT2D eigenvalue weighted by Crippen LogP contribution is -2.12. The highest BCUT2D eigenvalue weighted by Gasteiger charge is 2.13. The molecular weight excluding hydrogens is 394 g/mol. The van der Waals surface area contributed by atoms with E-state index in [-0.39, 0.29) is 5.91 Å². The second-order valence-corrected chi connectivity index (χ2v) is 6.61. The number of methoxy groups -OCH3 is 4. The molecule has 2 N–H and O–H groups in total. The van der Waals surface area contributed by atoms with Crippen LogP contribution in [0.15, 0.2) is 41.8 Å². The van der Waals surface area contributed by atoms with Crippen LogP contribution in [0.5, 0.6) is 23.0 Å². The number of hydrogen-bond acceptors (Lipinski definition) is 8. The lowest BCUT2D eigenvalue weighted by molar-refractivity contribution is 0.102. The van der Waals surface area contributed by atoms with Crippen molar-refractivity contribution in [2.24, 2.45) is 0 Å². The summed E-state index contributed by atoms with van der Waals surface area (Å²) in [5.74, 6) is 2.02. The van der Waals surface area contributed by atoms with E-state index in [9.17, 15) is 4.79 Å². The number of amides is 1. The van der Waals surface area contributed by atoms with Crippen LogP contribution in [0.1, 0.15) is 10.5 Å². The van der Waals surface area contributed by atoms with Gasteiger partial charge in [-0.25, -0.2) is 4.98 Å². The van der Waals surface area contributed by atoms with Crippen molar-refractivity contribution >= 4 is 33.8 Å². The van der Waals surface area contributed by atoms with E-state index < -0.39 is 0 Å². The summed E-state index contributed by atoms with van der Waals surface area (Å²) in [6.45, 7) is 0. The van der Waals surface area contributed by atoms with Gasteiger partial charge in [0.2, 0.25) is 0 Å². The second-order valence-electron chi connectivity index (χ2n) is 5.76. The fourth-order valence-corrected chi connectivity index (χ4v) is 3.29. The summed E-state index contributed by atoms with van der Waals surface area (Å²) in [5.41, 5.74) is 1.65. The van der Waals surface area contributed by atoms with Gasteiger partial charge in [-0.3, -0.25) is 4.79 Å². The highest BCUT2D eigenvalue weighted by atomic mass is 32.1. The molecule has 0 saturated carbocycles. The Kier molecular flexibility index (Phi) is 6.40. The van der Waals surface area contributed by atoms with Crippen molar-refractivity contribution in [2.75, 3.05) is 39.1 Å². The zero-order valence-electron chi connectivity index (χ0n) is 16.4. The first-order chi connectivity index (χ1) is 14.1. The Labute approximate surface area is 172 Å². The second kappa shape index (κ2) is 9.16. The van der Waals surface area contributed by atoms with Gasteiger partial charge in [0.25, 0.3) is 5.91 Å². The van der Waals surface area contributed by atoms with Gasteiger partial charge in [0, 0.05) is 28.9 Å². The molecule has 1 amide bonds. The van der Waals surface area contributed by atoms with Crippen molar-refractivity contribution in [3.8, 4) is 23.0 Å². The molecule has 29 heavy (non-hydrogen) atoms. The molecule has 0 saturated heterocycles. The predicted octanol–water partition coefficient (Wildman–Crippen LogP) is 4.17. The Morgan fingerprint density at radius 2 is 1.38 bits per heavy atom. The van der Waals surface area contributed by atoms with Crippen molar-refractivity contribution in [1.82, 2.24) is 4.98 Å². The number of anilines is 3. The van der Waals surface area contributed by atoms with Gasteiger partial charge in [0.05, 0.1) is 28.4 Å². The van der Waals surface area contributed by atoms with Crippen LogP contribution in [0.3, 0.4) is 0 Å². The molecule has 152 valence electrons. The fourth-order valence-electron chi connectivity index (χ4n) is 2.58. The van der Waals surface area contributed by atoms with Crippen molar-refractivity contribution in [2.45, 2.75) is 0 Å². The molecule has 0 bridgehead atoms. The predicted molar refractivity (Wildman–Crippen MR) is 112 cm³/mol. The first kappa shape index (κ1) is 20.3. The number of thiazole rings is 1. The van der Waals surface area contributed by atoms with Crippen LogP contribution in [-0.4, -0.2) is 39.3 Å². The maximum absolute atomic E-state index is 12.5. The SMILES string of the molecule is COc1ccc(NC(=O)c2csc(Nc3ccc(OC)c(OC)c3)n2)cc1OC. The lowest BCUT2D eigenvalue weighted by atomic mass is 10.2. The third-order valence-electron chi connectivity index (χ3n) is 4.01. The summed E-state index contributed by atoms with van der Waals surface area (Å²) in [7, 11) is 6.24. The Morgan fingerprint density at radius 3 is 1.97 bits per heavy atom. The van der Waals surface area contributed by atoms with Crippen LogP contribution in [0.4, 0.5) is 16.5 Å². The Morgan fingerprint density at radius 1 is 0.828 bits per heavy atom. The molecule has 0 aliphatic heterocycles. The third kappa shape index (κ3) is 4.69. The molecule has 0 fully saturated rings. The molecule has 0 spiro atoms. The third-order valence-corrected chi connectivity index (χ3v) is 4.77. The number of nitrogens with one attached hydrogen (secondary N) is 2. The number of hydrogen-bond donors (Lipinski definition) is 2. The minimum Gasteiger partial charge on any atom is -0.493 e. The van der Waals surface area contributed by atoms with Crippen LogP contribution in [-0.2, 0) is 0 Å². The number of rotatable bonds is 8. The van der Waals surface area contributed by atoms with Gasteiger partial charge in [-0.05, 0) is 24.3 Å². The number of carbonyl (C=O) groups is 1. The molecule has 1 aromatic heterocycles. The van der Waals surface area contributed by atoms with E-state index in [1.54, 1.807) is 57.0 Å². The maximum Gasteiger partial charge on any atom is 0.275 e. The summed E-state index contributed by atoms with van der Waals surface area (Å²) in [6, 6.07) is 10.6. The summed E-state index contributed by atoms with van der Waals surface area (Å²) in [6.07, 6.45) is 0. The van der Waals surface area contributed by atoms with Crippen LogP contribution in [0, 0.1) is 0 Å². The molecule has 3 aromatic rings. The monoisotopic (exact) mass is 415 g/mol. The maximum atomic E-state index is 12.5. The average Bonchev–Trinajstić information content (AvgIpc) is 3.22. The number of aromatic nitrogens is 1. The number of benzene rings is 2. The quantitative estimate of drug-likeness (QED) is 0.570. The largest absolute Gasteiger partial charge is 0.493 e. The van der Waals surface area contributed by atoms with Gasteiger partial charge >= 0.3 is 0 Å². The van der Waals surface area contributed by atoms with Crippen LogP contribution < -0.4 is 29.6 Å². The molecule has 0 unspecified atom stereocenters. The standard InChI is InChI=1S/C20H21N3O5S/c1-25-15-7-5-12(9-17(15)27-3)21-19(24)14-11-29-20(23-14)22-13-6-8-16(26-2)18(10-13)28-4/h5-11H,1-4H3,(H,21,24)(H,22,23). The summed E-state index contributed by atoms with van der Waals surface area (Å²) >= 11 is 1.32. The van der Waals surface area contributed by atoms with Crippen molar-refractivity contribution in [3.05, 3.63) is 47.5 Å². The molecule has 1 heterocycles. The molecule has 9 heteroatoms. The average molecular weight is 415 g/mol. The molecule has 3 rings (SSSR count). The highest BCUT2D eigenvalue weighted by molar-refractivity contribution is 7.14. The Hall–Kier alpha value is -3.46. The highest BCUT2D eigenvalue weighted by Crippen LogP contribution is 2.32. The van der Waals surface area contributed by atoms with E-state index in [2.05, 4.69) is 15.6 Å². The zero-order chi connectivity index (χ0) is 20.8. The summed E-state index contributed by atoms with van der Waals surface area (Å²) < 4.78 is 21.0. The van der Waals surface area contributed by atoms with Crippen molar-refractivity contribution in [1.29, 1.82) is 0 Å². The van der Waals surface area contributed by atoms with E-state index in [0.717, 1.165) is 5.69 Å². The molecule has 2 aromatic carbocycles. The van der Waals surface area contributed by atoms with Crippen LogP contribution in [0.25, 0.3) is 0 Å². The van der Waals surface area contributed by atoms with Gasteiger partial charge < -0.3 is 29.6 Å². The normalized spacial score (nSPS) is 10.2. The van der Waals surface area contributed by atoms with E-state index in [0.29, 0.717) is 39.5 Å². The summed E-state index contributed by atoms with van der Waals surface area (Å²) in [4.78, 5) is 16.9. The first-order valence-corrected chi connectivity index (χ1v) is 9.44. The van der Waals surface area contributed by atoms with Crippen LogP contribution in [0.2, 0.25) is 0 Å². The van der Waals surface area contributed by atoms with E-state index in [1.807, 2.05) is 6.07 Å². The number of carbonyl (C=O) groups excluding carboxylic acids is 1. The number of ether oxygens (including phenoxy) is 4. The summed E-state index contributed by atoms with van der Waals surface area (Å²) in [5, 5.41) is 8.22. The van der Waals surface area contributed by atoms with Gasteiger partial charge in [-0.2, -0.15) is 0 Å². The molecule has 0 aliphatic carbocycles. The molecule has 0 atom stereocenters. The van der Waals surface area contributed by atoms with Gasteiger partial charge in [-0.15, -0.1) is 11.3 Å². The molecule has 0 radical (unpaired) electrons. The van der Waals surface area contributed by atoms with Gasteiger partial charge in [0.1, 0.15) is 5.69 Å². The topological polar surface area (TPSA) is 90.9 Å². The lowest BCUT2D eigenvalue weighted by Gasteiger charge is -2.10. The first-order valence-electron chi connectivity index (χ1n) is 8.56. The Bertz CT molecular complexity index is 1010. The van der Waals surface area contributed by atoms with Crippen molar-refractivity contribution in [3.63, 3.8) is 0 Å². The van der Waals surface area contributed by atoms with Gasteiger partial charge in [-0.1, -0.05) is 0 Å². The minimum absolute atomic E-state index is 0.299. The molecular formula is C20H21N3O5S. The zero-order valence-corrected chi connectivity index (χ0v) is 17.3. The van der Waals surface area contributed by atoms with Gasteiger partial charge in [0.15, 0.2) is 28.1 Å². The molecule has 8 nitrogen and oxygen atoms in total.